The Kier molecular flexibility index (Phi) is 4.26. The zero-order valence-corrected chi connectivity index (χ0v) is 10.8. The predicted molar refractivity (Wildman–Crippen MR) is 65.8 cm³/mol. The number of thioether (sulfide) groups is 1. The Morgan fingerprint density at radius 1 is 1.45 bits per heavy atom. The second kappa shape index (κ2) is 5.78. The van der Waals surface area contributed by atoms with E-state index in [1.165, 1.54) is 0 Å². The number of aromatic amines is 1. The maximum atomic E-state index is 11.7. The van der Waals surface area contributed by atoms with Gasteiger partial charge in [0.15, 0.2) is 6.23 Å². The number of nitrogens with zero attached hydrogens (tertiary/aromatic N) is 2. The number of aliphatic hydroxyl groups is 3. The number of ether oxygens (including phenoxy) is 1. The third-order valence-electron chi connectivity index (χ3n) is 2.88. The van der Waals surface area contributed by atoms with Crippen LogP contribution in [-0.4, -0.2) is 49.8 Å². The molecule has 4 N–H and O–H groups in total. The molecule has 0 aliphatic carbocycles. The molecule has 108 valence electrons. The van der Waals surface area contributed by atoms with E-state index in [9.17, 15) is 19.8 Å². The Labute approximate surface area is 116 Å². The van der Waals surface area contributed by atoms with Crippen molar-refractivity contribution in [2.45, 2.75) is 29.4 Å². The van der Waals surface area contributed by atoms with E-state index in [0.29, 0.717) is 11.8 Å². The highest BCUT2D eigenvalue weighted by atomic mass is 32.2. The van der Waals surface area contributed by atoms with Crippen molar-refractivity contribution in [3.63, 3.8) is 0 Å². The molecule has 2 heterocycles. The molecule has 4 atom stereocenters. The summed E-state index contributed by atoms with van der Waals surface area (Å²) in [6.45, 7) is -0.535. The predicted octanol–water partition coefficient (Wildman–Crippen LogP) is -2.28. The number of rotatable bonds is 3. The van der Waals surface area contributed by atoms with Crippen molar-refractivity contribution in [2.75, 3.05) is 6.61 Å². The first-order chi connectivity index (χ1) is 9.49. The van der Waals surface area contributed by atoms with E-state index in [1.807, 2.05) is 4.98 Å². The minimum Gasteiger partial charge on any atom is -0.394 e. The summed E-state index contributed by atoms with van der Waals surface area (Å²) in [5.74, 6) is 0. The van der Waals surface area contributed by atoms with E-state index in [-0.39, 0.29) is 4.90 Å². The highest BCUT2D eigenvalue weighted by Gasteiger charge is 2.43. The van der Waals surface area contributed by atoms with Crippen molar-refractivity contribution < 1.29 is 20.1 Å². The summed E-state index contributed by atoms with van der Waals surface area (Å²) in [5.41, 5.74) is -1.59. The van der Waals surface area contributed by atoms with Gasteiger partial charge in [-0.05, 0) is 11.8 Å². The lowest BCUT2D eigenvalue weighted by atomic mass is 10.1. The van der Waals surface area contributed by atoms with Gasteiger partial charge < -0.3 is 20.1 Å². The highest BCUT2D eigenvalue weighted by molar-refractivity contribution is 8.03. The van der Waals surface area contributed by atoms with Crippen molar-refractivity contribution in [1.82, 2.24) is 9.55 Å². The van der Waals surface area contributed by atoms with Gasteiger partial charge >= 0.3 is 5.69 Å². The summed E-state index contributed by atoms with van der Waals surface area (Å²) in [6.07, 6.45) is -4.05. The Morgan fingerprint density at radius 3 is 2.70 bits per heavy atom. The van der Waals surface area contributed by atoms with E-state index in [1.54, 1.807) is 5.40 Å². The maximum absolute atomic E-state index is 11.7. The number of nitrogens with one attached hydrogen (secondary N) is 1. The van der Waals surface area contributed by atoms with E-state index < -0.39 is 42.4 Å². The van der Waals surface area contributed by atoms with E-state index in [2.05, 4.69) is 0 Å². The van der Waals surface area contributed by atoms with Crippen LogP contribution in [0.5, 0.6) is 0 Å². The smallest absolute Gasteiger partial charge is 0.330 e. The number of thiocyanates is 1. The molecule has 0 radical (unpaired) electrons. The molecule has 1 aliphatic heterocycles. The molecular formula is C10H11N3O6S. The van der Waals surface area contributed by atoms with Crippen LogP contribution in [0.1, 0.15) is 6.23 Å². The average Bonchev–Trinajstić information content (AvgIpc) is 2.70. The molecule has 0 amide bonds. The molecule has 1 aromatic rings. The molecule has 1 saturated heterocycles. The molecule has 0 aromatic carbocycles. The number of nitriles is 1. The Balaban J connectivity index is 2.43. The van der Waals surface area contributed by atoms with Crippen molar-refractivity contribution in [2.24, 2.45) is 0 Å². The third-order valence-corrected chi connectivity index (χ3v) is 3.48. The van der Waals surface area contributed by atoms with Crippen LogP contribution in [0, 0.1) is 10.7 Å². The first-order valence-corrected chi connectivity index (χ1v) is 6.35. The van der Waals surface area contributed by atoms with Gasteiger partial charge in [0.25, 0.3) is 5.56 Å². The van der Waals surface area contributed by atoms with Gasteiger partial charge in [-0.1, -0.05) is 0 Å². The minimum atomic E-state index is -1.45. The molecule has 0 unspecified atom stereocenters. The van der Waals surface area contributed by atoms with E-state index >= 15 is 0 Å². The minimum absolute atomic E-state index is 0.0511. The molecule has 1 aliphatic rings. The standard InChI is InChI=1S/C10H11N3O6S/c11-3-20-5-1-13(10(18)12-8(5)17)9-7(16)6(15)4(2-14)19-9/h1,4,6-7,9,14-16H,2H2,(H,12,17,18)/t4-,6-,7-,9-/m1/s1. The maximum Gasteiger partial charge on any atom is 0.330 e. The lowest BCUT2D eigenvalue weighted by Gasteiger charge is -2.17. The van der Waals surface area contributed by atoms with Crippen molar-refractivity contribution in [1.29, 1.82) is 5.26 Å². The van der Waals surface area contributed by atoms with Crippen LogP contribution in [0.2, 0.25) is 0 Å². The Bertz CT molecular complexity index is 650. The Morgan fingerprint density at radius 2 is 2.15 bits per heavy atom. The molecule has 0 bridgehead atoms. The molecular weight excluding hydrogens is 290 g/mol. The summed E-state index contributed by atoms with van der Waals surface area (Å²) >= 11 is 0.545. The molecule has 0 saturated carbocycles. The van der Waals surface area contributed by atoms with Crippen LogP contribution in [0.15, 0.2) is 20.7 Å². The summed E-state index contributed by atoms with van der Waals surface area (Å²) in [6, 6.07) is 0. The number of aliphatic hydroxyl groups excluding tert-OH is 3. The lowest BCUT2D eigenvalue weighted by molar-refractivity contribution is -0.0553. The molecule has 10 heteroatoms. The van der Waals surface area contributed by atoms with Crippen molar-refractivity contribution in [3.8, 4) is 5.40 Å². The van der Waals surface area contributed by atoms with Gasteiger partial charge in [0.2, 0.25) is 0 Å². The first kappa shape index (κ1) is 14.8. The molecule has 2 rings (SSSR count). The quantitative estimate of drug-likeness (QED) is 0.360. The van der Waals surface area contributed by atoms with Crippen molar-refractivity contribution >= 4 is 11.8 Å². The van der Waals surface area contributed by atoms with Gasteiger partial charge in [-0.25, -0.2) is 4.79 Å². The third kappa shape index (κ3) is 2.49. The molecule has 1 fully saturated rings. The second-order valence-electron chi connectivity index (χ2n) is 4.08. The van der Waals surface area contributed by atoms with E-state index in [0.717, 1.165) is 10.8 Å². The van der Waals surface area contributed by atoms with Crippen LogP contribution < -0.4 is 11.2 Å². The van der Waals surface area contributed by atoms with Gasteiger partial charge in [-0.15, -0.1) is 0 Å². The highest BCUT2D eigenvalue weighted by Crippen LogP contribution is 2.28. The number of hydrogen-bond acceptors (Lipinski definition) is 8. The topological polar surface area (TPSA) is 149 Å². The number of aromatic nitrogens is 2. The van der Waals surface area contributed by atoms with Crippen LogP contribution in [0.3, 0.4) is 0 Å². The average molecular weight is 301 g/mol. The number of hydrogen-bond donors (Lipinski definition) is 4. The zero-order valence-electron chi connectivity index (χ0n) is 9.96. The molecule has 1 aromatic heterocycles. The summed E-state index contributed by atoms with van der Waals surface area (Å²) in [5, 5.41) is 38.7. The van der Waals surface area contributed by atoms with Gasteiger partial charge in [0, 0.05) is 6.20 Å². The van der Waals surface area contributed by atoms with Gasteiger partial charge in [-0.2, -0.15) is 5.26 Å². The van der Waals surface area contributed by atoms with Crippen LogP contribution in [0.25, 0.3) is 0 Å². The first-order valence-electron chi connectivity index (χ1n) is 5.53. The van der Waals surface area contributed by atoms with Crippen LogP contribution in [0.4, 0.5) is 0 Å². The second-order valence-corrected chi connectivity index (χ2v) is 4.91. The summed E-state index contributed by atoms with van der Waals surface area (Å²) in [7, 11) is 0. The number of H-pyrrole nitrogens is 1. The SMILES string of the molecule is N#CSc1cn([C@@H]2O[C@H](CO)[C@@H](O)[C@H]2O)c(=O)[nH]c1=O. The molecule has 0 spiro atoms. The summed E-state index contributed by atoms with van der Waals surface area (Å²) in [4.78, 5) is 25.1. The van der Waals surface area contributed by atoms with Gasteiger partial charge in [-0.3, -0.25) is 14.3 Å². The lowest BCUT2D eigenvalue weighted by Crippen LogP contribution is -2.38. The van der Waals surface area contributed by atoms with Crippen molar-refractivity contribution in [3.05, 3.63) is 27.0 Å². The van der Waals surface area contributed by atoms with Crippen LogP contribution >= 0.6 is 11.8 Å². The fraction of sp³-hybridized carbons (Fsp3) is 0.500. The molecule has 20 heavy (non-hydrogen) atoms. The van der Waals surface area contributed by atoms with Gasteiger partial charge in [0.1, 0.15) is 28.6 Å². The Hall–Kier alpha value is -1.64. The fourth-order valence-corrected chi connectivity index (χ4v) is 2.30. The van der Waals surface area contributed by atoms with Gasteiger partial charge in [0.05, 0.1) is 6.61 Å². The largest absolute Gasteiger partial charge is 0.394 e. The normalized spacial score (nSPS) is 29.3. The van der Waals surface area contributed by atoms with Crippen LogP contribution in [-0.2, 0) is 4.74 Å². The summed E-state index contributed by atoms with van der Waals surface area (Å²) < 4.78 is 6.04. The molecule has 9 nitrogen and oxygen atoms in total. The zero-order chi connectivity index (χ0) is 14.9. The monoisotopic (exact) mass is 301 g/mol. The van der Waals surface area contributed by atoms with E-state index in [4.69, 9.17) is 15.1 Å². The fourth-order valence-electron chi connectivity index (χ4n) is 1.89.